The van der Waals surface area contributed by atoms with Gasteiger partial charge in [-0.1, -0.05) is 13.3 Å². The lowest BCUT2D eigenvalue weighted by Gasteiger charge is -2.36. The van der Waals surface area contributed by atoms with E-state index in [1.54, 1.807) is 0 Å². The molecule has 0 spiro atoms. The Morgan fingerprint density at radius 1 is 1.33 bits per heavy atom. The van der Waals surface area contributed by atoms with E-state index in [2.05, 4.69) is 5.32 Å². The van der Waals surface area contributed by atoms with Crippen LogP contribution in [0.1, 0.15) is 45.4 Å². The zero-order valence-electron chi connectivity index (χ0n) is 11.4. The Labute approximate surface area is 110 Å². The molecule has 0 bridgehead atoms. The zero-order chi connectivity index (χ0) is 13.0. The number of hydrogen-bond donors (Lipinski definition) is 2. The van der Waals surface area contributed by atoms with E-state index in [0.29, 0.717) is 5.92 Å². The van der Waals surface area contributed by atoms with Gasteiger partial charge in [0.2, 0.25) is 5.91 Å². The number of nitrogens with zero attached hydrogens (tertiary/aromatic N) is 1. The molecule has 1 heterocycles. The van der Waals surface area contributed by atoms with Gasteiger partial charge in [-0.05, 0) is 44.6 Å². The van der Waals surface area contributed by atoms with Crippen LogP contribution < -0.4 is 5.32 Å². The summed E-state index contributed by atoms with van der Waals surface area (Å²) in [6.07, 6.45) is 5.99. The first-order valence-corrected chi connectivity index (χ1v) is 7.41. The second-order valence-corrected chi connectivity index (χ2v) is 5.72. The molecule has 2 rings (SSSR count). The number of aliphatic hydroxyl groups is 1. The molecular weight excluding hydrogens is 228 g/mol. The number of hydrogen-bond acceptors (Lipinski definition) is 3. The zero-order valence-corrected chi connectivity index (χ0v) is 11.4. The first-order valence-electron chi connectivity index (χ1n) is 7.41. The molecule has 1 aliphatic heterocycles. The molecule has 0 aromatic heterocycles. The molecule has 0 aromatic rings. The number of likely N-dealkylation sites (N-methyl/N-ethyl adjacent to an activating group) is 1. The molecular formula is C14H26N2O2. The molecule has 3 unspecified atom stereocenters. The predicted molar refractivity (Wildman–Crippen MR) is 71.2 cm³/mol. The normalized spacial score (nSPS) is 33.8. The van der Waals surface area contributed by atoms with Crippen LogP contribution in [0, 0.1) is 5.92 Å². The van der Waals surface area contributed by atoms with Crippen molar-refractivity contribution in [3.8, 4) is 0 Å². The number of carbonyl (C=O) groups is 1. The lowest BCUT2D eigenvalue weighted by atomic mass is 9.86. The maximum atomic E-state index is 12.3. The molecule has 2 N–H and O–H groups in total. The number of likely N-dealkylation sites (tertiary alicyclic amines) is 1. The Morgan fingerprint density at radius 3 is 2.89 bits per heavy atom. The highest BCUT2D eigenvalue weighted by molar-refractivity contribution is 5.82. The number of rotatable bonds is 4. The largest absolute Gasteiger partial charge is 0.393 e. The highest BCUT2D eigenvalue weighted by Gasteiger charge is 2.30. The van der Waals surface area contributed by atoms with Gasteiger partial charge in [0.1, 0.15) is 0 Å². The van der Waals surface area contributed by atoms with E-state index < -0.39 is 0 Å². The molecule has 4 nitrogen and oxygen atoms in total. The van der Waals surface area contributed by atoms with Gasteiger partial charge in [0.05, 0.1) is 12.1 Å². The van der Waals surface area contributed by atoms with Crippen LogP contribution in [0.3, 0.4) is 0 Å². The van der Waals surface area contributed by atoms with Crippen LogP contribution in [-0.2, 0) is 4.79 Å². The van der Waals surface area contributed by atoms with Gasteiger partial charge in [-0.25, -0.2) is 0 Å². The van der Waals surface area contributed by atoms with Crippen LogP contribution in [0.25, 0.3) is 0 Å². The van der Waals surface area contributed by atoms with Gasteiger partial charge in [0.15, 0.2) is 0 Å². The second kappa shape index (κ2) is 6.53. The second-order valence-electron chi connectivity index (χ2n) is 5.72. The van der Waals surface area contributed by atoms with E-state index in [1.807, 2.05) is 11.8 Å². The minimum absolute atomic E-state index is 0.0252. The summed E-state index contributed by atoms with van der Waals surface area (Å²) in [7, 11) is 0. The topological polar surface area (TPSA) is 52.6 Å². The monoisotopic (exact) mass is 254 g/mol. The van der Waals surface area contributed by atoms with Crippen molar-refractivity contribution in [3.05, 3.63) is 0 Å². The first kappa shape index (κ1) is 13.8. The summed E-state index contributed by atoms with van der Waals surface area (Å²) in [5.74, 6) is 0.765. The van der Waals surface area contributed by atoms with E-state index in [0.717, 1.165) is 58.2 Å². The van der Waals surface area contributed by atoms with Crippen LogP contribution in [0.4, 0.5) is 0 Å². The van der Waals surface area contributed by atoms with Gasteiger partial charge >= 0.3 is 0 Å². The molecule has 18 heavy (non-hydrogen) atoms. The van der Waals surface area contributed by atoms with Gasteiger partial charge in [-0.2, -0.15) is 0 Å². The van der Waals surface area contributed by atoms with Crippen molar-refractivity contribution in [2.24, 2.45) is 5.92 Å². The van der Waals surface area contributed by atoms with E-state index in [4.69, 9.17) is 0 Å². The van der Waals surface area contributed by atoms with Crippen LogP contribution in [0.5, 0.6) is 0 Å². The summed E-state index contributed by atoms with van der Waals surface area (Å²) < 4.78 is 0. The van der Waals surface area contributed by atoms with Crippen molar-refractivity contribution in [1.82, 2.24) is 10.2 Å². The number of piperidine rings is 1. The van der Waals surface area contributed by atoms with Gasteiger partial charge in [0, 0.05) is 13.1 Å². The summed E-state index contributed by atoms with van der Waals surface area (Å²) >= 11 is 0. The van der Waals surface area contributed by atoms with E-state index >= 15 is 0 Å². The third-order valence-electron chi connectivity index (χ3n) is 4.21. The lowest BCUT2D eigenvalue weighted by molar-refractivity contribution is -0.137. The maximum Gasteiger partial charge on any atom is 0.239 e. The summed E-state index contributed by atoms with van der Waals surface area (Å²) in [6, 6.07) is 0.0252. The van der Waals surface area contributed by atoms with Gasteiger partial charge in [0.25, 0.3) is 0 Å². The molecule has 1 saturated heterocycles. The van der Waals surface area contributed by atoms with E-state index in [1.165, 1.54) is 0 Å². The molecule has 1 aliphatic carbocycles. The van der Waals surface area contributed by atoms with E-state index in [-0.39, 0.29) is 18.1 Å². The third kappa shape index (κ3) is 3.45. The number of carbonyl (C=O) groups excluding carboxylic acids is 1. The van der Waals surface area contributed by atoms with Gasteiger partial charge < -0.3 is 15.3 Å². The Morgan fingerprint density at radius 2 is 2.17 bits per heavy atom. The minimum Gasteiger partial charge on any atom is -0.393 e. The molecule has 1 saturated carbocycles. The van der Waals surface area contributed by atoms with Crippen molar-refractivity contribution in [2.75, 3.05) is 19.6 Å². The summed E-state index contributed by atoms with van der Waals surface area (Å²) in [4.78, 5) is 14.3. The van der Waals surface area contributed by atoms with E-state index in [9.17, 15) is 9.90 Å². The molecule has 0 radical (unpaired) electrons. The third-order valence-corrected chi connectivity index (χ3v) is 4.21. The fourth-order valence-electron chi connectivity index (χ4n) is 3.30. The van der Waals surface area contributed by atoms with Crippen LogP contribution in [-0.4, -0.2) is 47.7 Å². The highest BCUT2D eigenvalue weighted by Crippen LogP contribution is 2.26. The average molecular weight is 254 g/mol. The average Bonchev–Trinajstić information content (AvgIpc) is 2.35. The van der Waals surface area contributed by atoms with Crippen molar-refractivity contribution in [1.29, 1.82) is 0 Å². The standard InChI is InChI=1S/C14H26N2O2/c1-2-15-13-7-4-8-16(14(13)18)10-11-5-3-6-12(17)9-11/h11-13,15,17H,2-10H2,1H3. The predicted octanol–water partition coefficient (Wildman–Crippen LogP) is 1.14. The fraction of sp³-hybridized carbons (Fsp3) is 0.929. The quantitative estimate of drug-likeness (QED) is 0.791. The SMILES string of the molecule is CCNC1CCCN(CC2CCCC(O)C2)C1=O. The summed E-state index contributed by atoms with van der Waals surface area (Å²) in [5.41, 5.74) is 0. The van der Waals surface area contributed by atoms with Crippen molar-refractivity contribution >= 4 is 5.91 Å². The summed E-state index contributed by atoms with van der Waals surface area (Å²) in [5, 5.41) is 13.0. The van der Waals surface area contributed by atoms with Crippen molar-refractivity contribution < 1.29 is 9.90 Å². The molecule has 0 aromatic carbocycles. The Bertz CT molecular complexity index is 281. The molecule has 104 valence electrons. The first-order chi connectivity index (χ1) is 8.70. The molecule has 2 fully saturated rings. The Kier molecular flexibility index (Phi) is 5.01. The van der Waals surface area contributed by atoms with Gasteiger partial charge in [-0.3, -0.25) is 4.79 Å². The Hall–Kier alpha value is -0.610. The van der Waals surface area contributed by atoms with Crippen molar-refractivity contribution in [2.45, 2.75) is 57.6 Å². The highest BCUT2D eigenvalue weighted by atomic mass is 16.3. The molecule has 2 aliphatic rings. The Balaban J connectivity index is 1.85. The van der Waals surface area contributed by atoms with Crippen LogP contribution in [0.15, 0.2) is 0 Å². The molecule has 1 amide bonds. The number of amides is 1. The van der Waals surface area contributed by atoms with Crippen LogP contribution >= 0.6 is 0 Å². The van der Waals surface area contributed by atoms with Gasteiger partial charge in [-0.15, -0.1) is 0 Å². The maximum absolute atomic E-state index is 12.3. The lowest BCUT2D eigenvalue weighted by Crippen LogP contribution is -2.52. The minimum atomic E-state index is -0.145. The smallest absolute Gasteiger partial charge is 0.239 e. The number of nitrogens with one attached hydrogen (secondary N) is 1. The molecule has 3 atom stereocenters. The fourth-order valence-corrected chi connectivity index (χ4v) is 3.30. The number of aliphatic hydroxyl groups excluding tert-OH is 1. The molecule has 4 heteroatoms. The summed E-state index contributed by atoms with van der Waals surface area (Å²) in [6.45, 7) is 4.64. The van der Waals surface area contributed by atoms with Crippen LogP contribution in [0.2, 0.25) is 0 Å². The van der Waals surface area contributed by atoms with Crippen molar-refractivity contribution in [3.63, 3.8) is 0 Å².